The zero-order valence-corrected chi connectivity index (χ0v) is 16.0. The molecule has 1 heterocycles. The first-order valence-electron chi connectivity index (χ1n) is 7.55. The van der Waals surface area contributed by atoms with E-state index in [0.29, 0.717) is 16.4 Å². The van der Waals surface area contributed by atoms with Crippen LogP contribution in [0.3, 0.4) is 0 Å². The molecule has 0 aliphatic carbocycles. The fourth-order valence-electron chi connectivity index (χ4n) is 2.20. The number of benzene rings is 2. The van der Waals surface area contributed by atoms with E-state index in [1.807, 2.05) is 24.3 Å². The summed E-state index contributed by atoms with van der Waals surface area (Å²) in [5, 5.41) is 11.4. The van der Waals surface area contributed by atoms with E-state index in [2.05, 4.69) is 36.7 Å². The highest BCUT2D eigenvalue weighted by atomic mass is 79.9. The summed E-state index contributed by atoms with van der Waals surface area (Å²) in [6, 6.07) is 14.3. The molecule has 3 rings (SSSR count). The van der Waals surface area contributed by atoms with Crippen LogP contribution < -0.4 is 10.2 Å². The van der Waals surface area contributed by atoms with Crippen molar-refractivity contribution in [1.29, 1.82) is 0 Å². The number of halogens is 2. The molecular weight excluding hydrogens is 420 g/mol. The van der Waals surface area contributed by atoms with Gasteiger partial charge in [-0.2, -0.15) is 10.2 Å². The molecule has 2 N–H and O–H groups in total. The third kappa shape index (κ3) is 4.30. The number of nitrogens with zero attached hydrogens (tertiary/aromatic N) is 2. The van der Waals surface area contributed by atoms with Gasteiger partial charge in [-0.05, 0) is 57.9 Å². The average Bonchev–Trinajstić information content (AvgIpc) is 3.12. The summed E-state index contributed by atoms with van der Waals surface area (Å²) in [6.45, 7) is 0. The van der Waals surface area contributed by atoms with Crippen molar-refractivity contribution in [3.8, 4) is 17.0 Å². The Kier molecular flexibility index (Phi) is 5.70. The van der Waals surface area contributed by atoms with Crippen LogP contribution in [0, 0.1) is 0 Å². The molecule has 0 bridgehead atoms. The van der Waals surface area contributed by atoms with Crippen molar-refractivity contribution in [2.45, 2.75) is 0 Å². The first kappa shape index (κ1) is 18.2. The number of aromatic amines is 1. The van der Waals surface area contributed by atoms with Crippen molar-refractivity contribution >= 4 is 39.7 Å². The van der Waals surface area contributed by atoms with Crippen LogP contribution in [0.4, 0.5) is 0 Å². The Hall–Kier alpha value is -2.64. The molecule has 2 aromatic carbocycles. The van der Waals surface area contributed by atoms with Gasteiger partial charge in [0.2, 0.25) is 0 Å². The van der Waals surface area contributed by atoms with Gasteiger partial charge in [0, 0.05) is 10.6 Å². The number of hydrogen-bond acceptors (Lipinski definition) is 4. The number of amides is 1. The van der Waals surface area contributed by atoms with Crippen LogP contribution >= 0.6 is 27.5 Å². The van der Waals surface area contributed by atoms with E-state index < -0.39 is 0 Å². The van der Waals surface area contributed by atoms with E-state index in [9.17, 15) is 4.79 Å². The van der Waals surface area contributed by atoms with Gasteiger partial charge in [-0.15, -0.1) is 0 Å². The van der Waals surface area contributed by atoms with Gasteiger partial charge in [-0.25, -0.2) is 5.43 Å². The van der Waals surface area contributed by atoms with Gasteiger partial charge in [0.1, 0.15) is 11.4 Å². The van der Waals surface area contributed by atoms with Crippen molar-refractivity contribution in [1.82, 2.24) is 15.6 Å². The van der Waals surface area contributed by atoms with Crippen molar-refractivity contribution in [3.63, 3.8) is 0 Å². The number of methoxy groups -OCH3 is 1. The van der Waals surface area contributed by atoms with Crippen molar-refractivity contribution < 1.29 is 9.53 Å². The second-order valence-corrected chi connectivity index (χ2v) is 6.56. The van der Waals surface area contributed by atoms with E-state index in [0.717, 1.165) is 21.3 Å². The molecule has 132 valence electrons. The fraction of sp³-hybridized carbons (Fsp3) is 0.0556. The molecule has 1 aromatic heterocycles. The Morgan fingerprint density at radius 2 is 2.04 bits per heavy atom. The molecule has 8 heteroatoms. The lowest BCUT2D eigenvalue weighted by Gasteiger charge is -2.03. The molecule has 26 heavy (non-hydrogen) atoms. The van der Waals surface area contributed by atoms with E-state index >= 15 is 0 Å². The van der Waals surface area contributed by atoms with Gasteiger partial charge in [-0.1, -0.05) is 23.7 Å². The second kappa shape index (κ2) is 8.16. The van der Waals surface area contributed by atoms with Gasteiger partial charge in [0.05, 0.1) is 23.5 Å². The lowest BCUT2D eigenvalue weighted by molar-refractivity contribution is 0.0950. The monoisotopic (exact) mass is 432 g/mol. The minimum Gasteiger partial charge on any atom is -0.496 e. The number of ether oxygens (including phenoxy) is 1. The zero-order valence-electron chi connectivity index (χ0n) is 13.7. The highest BCUT2D eigenvalue weighted by Crippen LogP contribution is 2.24. The van der Waals surface area contributed by atoms with Crippen LogP contribution in [-0.4, -0.2) is 29.4 Å². The maximum Gasteiger partial charge on any atom is 0.289 e. The van der Waals surface area contributed by atoms with Crippen LogP contribution in [0.2, 0.25) is 5.02 Å². The summed E-state index contributed by atoms with van der Waals surface area (Å²) < 4.78 is 5.97. The Morgan fingerprint density at radius 3 is 2.73 bits per heavy atom. The van der Waals surface area contributed by atoms with Gasteiger partial charge < -0.3 is 4.74 Å². The van der Waals surface area contributed by atoms with Crippen LogP contribution in [0.15, 0.2) is 58.1 Å². The van der Waals surface area contributed by atoms with Crippen LogP contribution in [0.1, 0.15) is 16.1 Å². The predicted octanol–water partition coefficient (Wildman–Crippen LogP) is 4.27. The third-order valence-corrected chi connectivity index (χ3v) is 4.39. The summed E-state index contributed by atoms with van der Waals surface area (Å²) >= 11 is 9.27. The summed E-state index contributed by atoms with van der Waals surface area (Å²) in [5.74, 6) is 0.333. The molecule has 3 aromatic rings. The maximum atomic E-state index is 12.2. The molecule has 0 saturated carbocycles. The van der Waals surface area contributed by atoms with Crippen LogP contribution in [-0.2, 0) is 0 Å². The van der Waals surface area contributed by atoms with Crippen molar-refractivity contribution in [3.05, 3.63) is 69.3 Å². The molecule has 0 aliphatic rings. The quantitative estimate of drug-likeness (QED) is 0.466. The number of aromatic nitrogens is 2. The van der Waals surface area contributed by atoms with Crippen molar-refractivity contribution in [2.24, 2.45) is 5.10 Å². The molecule has 0 fully saturated rings. The minimum atomic E-state index is -0.387. The second-order valence-electron chi connectivity index (χ2n) is 5.27. The summed E-state index contributed by atoms with van der Waals surface area (Å²) in [6.07, 6.45) is 1.54. The fourth-order valence-corrected chi connectivity index (χ4v) is 2.88. The standard InChI is InChI=1S/C18H14BrClN4O2/c1-26-17-7-2-11(8-14(17)19)10-21-24-18(25)16-9-15(22-23-16)12-3-5-13(20)6-4-12/h2-10H,1H3,(H,22,23)(H,24,25)/b21-10+. The lowest BCUT2D eigenvalue weighted by atomic mass is 10.1. The first-order valence-corrected chi connectivity index (χ1v) is 8.72. The van der Waals surface area contributed by atoms with Crippen molar-refractivity contribution in [2.75, 3.05) is 7.11 Å². The number of carbonyl (C=O) groups excluding carboxylic acids is 1. The summed E-state index contributed by atoms with van der Waals surface area (Å²) in [5.41, 5.74) is 5.08. The van der Waals surface area contributed by atoms with Gasteiger partial charge >= 0.3 is 0 Å². The molecule has 0 unspecified atom stereocenters. The molecule has 6 nitrogen and oxygen atoms in total. The number of H-pyrrole nitrogens is 1. The van der Waals surface area contributed by atoms with Gasteiger partial charge in [-0.3, -0.25) is 9.89 Å². The zero-order chi connectivity index (χ0) is 18.5. The molecular formula is C18H14BrClN4O2. The number of hydrazone groups is 1. The van der Waals surface area contributed by atoms with Crippen LogP contribution in [0.25, 0.3) is 11.3 Å². The number of hydrogen-bond donors (Lipinski definition) is 2. The maximum absolute atomic E-state index is 12.2. The number of nitrogens with one attached hydrogen (secondary N) is 2. The van der Waals surface area contributed by atoms with E-state index in [1.54, 1.807) is 37.6 Å². The predicted molar refractivity (Wildman–Crippen MR) is 105 cm³/mol. The Labute approximate surface area is 163 Å². The van der Waals surface area contributed by atoms with E-state index in [4.69, 9.17) is 16.3 Å². The highest BCUT2D eigenvalue weighted by molar-refractivity contribution is 9.10. The molecule has 0 saturated heterocycles. The van der Waals surface area contributed by atoms with Gasteiger partial charge in [0.25, 0.3) is 5.91 Å². The summed E-state index contributed by atoms with van der Waals surface area (Å²) in [4.78, 5) is 12.2. The average molecular weight is 434 g/mol. The lowest BCUT2D eigenvalue weighted by Crippen LogP contribution is -2.18. The molecule has 0 radical (unpaired) electrons. The first-order chi connectivity index (χ1) is 12.6. The van der Waals surface area contributed by atoms with Gasteiger partial charge in [0.15, 0.2) is 0 Å². The smallest absolute Gasteiger partial charge is 0.289 e. The number of carbonyl (C=O) groups is 1. The third-order valence-electron chi connectivity index (χ3n) is 3.52. The van der Waals surface area contributed by atoms with Crippen LogP contribution in [0.5, 0.6) is 5.75 Å². The Morgan fingerprint density at radius 1 is 1.27 bits per heavy atom. The molecule has 1 amide bonds. The number of rotatable bonds is 5. The Balaban J connectivity index is 1.65. The molecule has 0 atom stereocenters. The molecule has 0 aliphatic heterocycles. The topological polar surface area (TPSA) is 79.4 Å². The van der Waals surface area contributed by atoms with E-state index in [1.165, 1.54) is 0 Å². The SMILES string of the molecule is COc1ccc(/C=N/NC(=O)c2cc(-c3ccc(Cl)cc3)n[nH]2)cc1Br. The largest absolute Gasteiger partial charge is 0.496 e. The normalized spacial score (nSPS) is 10.9. The summed E-state index contributed by atoms with van der Waals surface area (Å²) in [7, 11) is 1.59. The van der Waals surface area contributed by atoms with E-state index in [-0.39, 0.29) is 5.91 Å². The minimum absolute atomic E-state index is 0.308. The highest BCUT2D eigenvalue weighted by Gasteiger charge is 2.10. The Bertz CT molecular complexity index is 954. The molecule has 0 spiro atoms.